The van der Waals surface area contributed by atoms with Gasteiger partial charge in [-0.25, -0.2) is 0 Å². The predicted molar refractivity (Wildman–Crippen MR) is 90.5 cm³/mol. The van der Waals surface area contributed by atoms with Crippen LogP contribution in [0.5, 0.6) is 0 Å². The van der Waals surface area contributed by atoms with Crippen LogP contribution in [0.1, 0.15) is 31.2 Å². The molecule has 0 unspecified atom stereocenters. The number of thiophene rings is 1. The van der Waals surface area contributed by atoms with Crippen molar-refractivity contribution in [2.24, 2.45) is 5.92 Å². The second kappa shape index (κ2) is 9.43. The highest BCUT2D eigenvalue weighted by Gasteiger charge is 2.24. The number of piperazine rings is 1. The number of hydrogen-bond donors (Lipinski definition) is 1. The number of hydrogen-bond acceptors (Lipinski definition) is 3. The maximum atomic E-state index is 6.07. The van der Waals surface area contributed by atoms with Crippen molar-refractivity contribution in [3.05, 3.63) is 21.3 Å². The molecule has 1 N–H and O–H groups in total. The molecule has 0 saturated carbocycles. The lowest BCUT2D eigenvalue weighted by Crippen LogP contribution is -2.45. The zero-order valence-corrected chi connectivity index (χ0v) is 14.6. The molecule has 2 heterocycles. The van der Waals surface area contributed by atoms with E-state index in [1.54, 1.807) is 11.3 Å². The van der Waals surface area contributed by atoms with Crippen molar-refractivity contribution in [1.29, 1.82) is 0 Å². The second-order valence-corrected chi connectivity index (χ2v) is 6.82. The molecule has 2 rings (SSSR count). The summed E-state index contributed by atoms with van der Waals surface area (Å²) in [5.41, 5.74) is 0. The van der Waals surface area contributed by atoms with E-state index in [2.05, 4.69) is 30.1 Å². The van der Waals surface area contributed by atoms with Crippen LogP contribution in [0.15, 0.2) is 12.1 Å². The molecule has 2 nitrogen and oxygen atoms in total. The monoisotopic (exact) mass is 344 g/mol. The van der Waals surface area contributed by atoms with E-state index in [-0.39, 0.29) is 24.8 Å². The van der Waals surface area contributed by atoms with Crippen LogP contribution in [0.3, 0.4) is 0 Å². The van der Waals surface area contributed by atoms with Crippen molar-refractivity contribution in [3.8, 4) is 0 Å². The van der Waals surface area contributed by atoms with E-state index >= 15 is 0 Å². The molecule has 1 aliphatic rings. The Kier molecular flexibility index (Phi) is 9.67. The van der Waals surface area contributed by atoms with Gasteiger partial charge in [-0.2, -0.15) is 0 Å². The van der Waals surface area contributed by atoms with Crippen LogP contribution in [-0.4, -0.2) is 31.1 Å². The molecule has 0 bridgehead atoms. The van der Waals surface area contributed by atoms with Gasteiger partial charge >= 0.3 is 0 Å². The first-order valence-corrected chi connectivity index (χ1v) is 7.56. The number of nitrogens with zero attached hydrogens (tertiary/aromatic N) is 1. The summed E-state index contributed by atoms with van der Waals surface area (Å²) >= 11 is 7.80. The summed E-state index contributed by atoms with van der Waals surface area (Å²) in [6, 6.07) is 4.77. The van der Waals surface area contributed by atoms with Gasteiger partial charge in [-0.05, 0) is 24.5 Å². The van der Waals surface area contributed by atoms with Crippen molar-refractivity contribution in [3.63, 3.8) is 0 Å². The minimum atomic E-state index is 0. The number of halogens is 3. The van der Waals surface area contributed by atoms with Gasteiger partial charge in [0.25, 0.3) is 0 Å². The standard InChI is InChI=1S/C13H21ClN2S.2ClH/c1-10(2)9-11(12-3-4-13(14)17-12)16-7-5-15-6-8-16;;/h3-4,10-11,15H,5-9H2,1-2H3;2*1H/t11-;;/m0../s1. The summed E-state index contributed by atoms with van der Waals surface area (Å²) in [7, 11) is 0. The van der Waals surface area contributed by atoms with Crippen molar-refractivity contribution < 1.29 is 0 Å². The fourth-order valence-corrected chi connectivity index (χ4v) is 3.60. The molecule has 0 radical (unpaired) electrons. The van der Waals surface area contributed by atoms with Gasteiger partial charge in [0, 0.05) is 37.1 Å². The fourth-order valence-electron chi connectivity index (χ4n) is 2.39. The van der Waals surface area contributed by atoms with E-state index in [0.29, 0.717) is 6.04 Å². The lowest BCUT2D eigenvalue weighted by Gasteiger charge is -2.35. The SMILES string of the molecule is CC(C)C[C@@H](c1ccc(Cl)s1)N1CCNCC1.Cl.Cl. The molecule has 1 aromatic heterocycles. The number of nitrogens with one attached hydrogen (secondary N) is 1. The van der Waals surface area contributed by atoms with E-state index in [4.69, 9.17) is 11.6 Å². The zero-order valence-electron chi connectivity index (χ0n) is 11.4. The fraction of sp³-hybridized carbons (Fsp3) is 0.692. The smallest absolute Gasteiger partial charge is 0.0931 e. The molecule has 0 aliphatic carbocycles. The Balaban J connectivity index is 0.00000162. The quantitative estimate of drug-likeness (QED) is 0.878. The molecule has 1 aromatic rings. The molecule has 1 aliphatic heterocycles. The van der Waals surface area contributed by atoms with E-state index in [1.165, 1.54) is 11.3 Å². The zero-order chi connectivity index (χ0) is 12.3. The molecular formula is C13H23Cl3N2S. The van der Waals surface area contributed by atoms with Gasteiger partial charge in [0.2, 0.25) is 0 Å². The van der Waals surface area contributed by atoms with Crippen LogP contribution in [0, 0.1) is 5.92 Å². The average molecular weight is 346 g/mol. The van der Waals surface area contributed by atoms with Crippen LogP contribution < -0.4 is 5.32 Å². The van der Waals surface area contributed by atoms with E-state index in [9.17, 15) is 0 Å². The summed E-state index contributed by atoms with van der Waals surface area (Å²) in [6.45, 7) is 9.09. The van der Waals surface area contributed by atoms with Gasteiger partial charge in [-0.3, -0.25) is 4.90 Å². The topological polar surface area (TPSA) is 15.3 Å². The van der Waals surface area contributed by atoms with Crippen LogP contribution in [-0.2, 0) is 0 Å². The Hall–Kier alpha value is 0.490. The van der Waals surface area contributed by atoms with Gasteiger partial charge < -0.3 is 5.32 Å². The highest BCUT2D eigenvalue weighted by Crippen LogP contribution is 2.34. The Labute approximate surface area is 137 Å². The van der Waals surface area contributed by atoms with Gasteiger partial charge in [-0.15, -0.1) is 36.2 Å². The van der Waals surface area contributed by atoms with E-state index in [1.807, 2.05) is 6.07 Å². The average Bonchev–Trinajstić information content (AvgIpc) is 2.73. The van der Waals surface area contributed by atoms with Crippen LogP contribution in [0.2, 0.25) is 4.34 Å². The van der Waals surface area contributed by atoms with E-state index in [0.717, 1.165) is 36.4 Å². The summed E-state index contributed by atoms with van der Waals surface area (Å²) in [5.74, 6) is 0.718. The van der Waals surface area contributed by atoms with Crippen LogP contribution in [0.25, 0.3) is 0 Å². The first-order chi connectivity index (χ1) is 8.16. The van der Waals surface area contributed by atoms with Gasteiger partial charge in [0.1, 0.15) is 0 Å². The predicted octanol–water partition coefficient (Wildman–Crippen LogP) is 4.24. The highest BCUT2D eigenvalue weighted by molar-refractivity contribution is 7.16. The van der Waals surface area contributed by atoms with Gasteiger partial charge in [-0.1, -0.05) is 25.4 Å². The summed E-state index contributed by atoms with van der Waals surface area (Å²) < 4.78 is 0.906. The second-order valence-electron chi connectivity index (χ2n) is 5.07. The van der Waals surface area contributed by atoms with Crippen molar-refractivity contribution in [2.45, 2.75) is 26.3 Å². The minimum absolute atomic E-state index is 0. The molecule has 0 amide bonds. The highest BCUT2D eigenvalue weighted by atomic mass is 35.5. The lowest BCUT2D eigenvalue weighted by atomic mass is 10.0. The molecule has 1 saturated heterocycles. The van der Waals surface area contributed by atoms with Crippen LogP contribution >= 0.6 is 47.8 Å². The molecule has 1 fully saturated rings. The largest absolute Gasteiger partial charge is 0.314 e. The van der Waals surface area contributed by atoms with Crippen molar-refractivity contribution >= 4 is 47.8 Å². The Morgan fingerprint density at radius 2 is 1.89 bits per heavy atom. The van der Waals surface area contributed by atoms with Crippen molar-refractivity contribution in [1.82, 2.24) is 10.2 Å². The first kappa shape index (κ1) is 19.5. The Morgan fingerprint density at radius 3 is 2.37 bits per heavy atom. The summed E-state index contributed by atoms with van der Waals surface area (Å²) in [5, 5.41) is 3.42. The summed E-state index contributed by atoms with van der Waals surface area (Å²) in [6.07, 6.45) is 1.22. The van der Waals surface area contributed by atoms with Crippen molar-refractivity contribution in [2.75, 3.05) is 26.2 Å². The molecule has 0 spiro atoms. The lowest BCUT2D eigenvalue weighted by molar-refractivity contribution is 0.156. The molecule has 19 heavy (non-hydrogen) atoms. The van der Waals surface area contributed by atoms with E-state index < -0.39 is 0 Å². The first-order valence-electron chi connectivity index (χ1n) is 6.37. The molecule has 6 heteroatoms. The normalized spacial score (nSPS) is 17.7. The molecule has 0 aromatic carbocycles. The van der Waals surface area contributed by atoms with Gasteiger partial charge in [0.15, 0.2) is 0 Å². The maximum Gasteiger partial charge on any atom is 0.0931 e. The van der Waals surface area contributed by atoms with Crippen LogP contribution in [0.4, 0.5) is 0 Å². The Morgan fingerprint density at radius 1 is 1.26 bits per heavy atom. The molecule has 1 atom stereocenters. The molecular weight excluding hydrogens is 323 g/mol. The maximum absolute atomic E-state index is 6.07. The number of rotatable bonds is 4. The third-order valence-corrected chi connectivity index (χ3v) is 4.54. The Bertz CT molecular complexity index is 351. The molecule has 112 valence electrons. The third-order valence-electron chi connectivity index (χ3n) is 3.21. The summed E-state index contributed by atoms with van der Waals surface area (Å²) in [4.78, 5) is 4.02. The minimum Gasteiger partial charge on any atom is -0.314 e. The third kappa shape index (κ3) is 5.78. The van der Waals surface area contributed by atoms with Gasteiger partial charge in [0.05, 0.1) is 4.34 Å².